The van der Waals surface area contributed by atoms with Crippen LogP contribution in [0, 0.1) is 0 Å². The Morgan fingerprint density at radius 1 is 1.50 bits per heavy atom. The second-order valence-electron chi connectivity index (χ2n) is 3.24. The second kappa shape index (κ2) is 5.16. The quantitative estimate of drug-likeness (QED) is 0.925. The molecule has 88 valence electrons. The molecule has 1 rings (SSSR count). The number of hydrogen-bond donors (Lipinski definition) is 1. The van der Waals surface area contributed by atoms with Gasteiger partial charge in [0.1, 0.15) is 5.75 Å². The molecule has 0 spiro atoms. The van der Waals surface area contributed by atoms with Crippen LogP contribution in [0.5, 0.6) is 0 Å². The van der Waals surface area contributed by atoms with Gasteiger partial charge in [0.05, 0.1) is 5.69 Å². The molecule has 7 heteroatoms. The highest BCUT2D eigenvalue weighted by atomic mass is 79.9. The number of carbonyl (C=O) groups is 1. The summed E-state index contributed by atoms with van der Waals surface area (Å²) in [5, 5.41) is 2.99. The lowest BCUT2D eigenvalue weighted by molar-refractivity contribution is -0.113. The molecule has 0 saturated heterocycles. The number of carbonyl (C=O) groups excluding carboxylic acids is 1. The molecule has 1 aromatic rings. The molecule has 0 aliphatic rings. The predicted octanol–water partition coefficient (Wildman–Crippen LogP) is 2.09. The zero-order valence-corrected chi connectivity index (χ0v) is 11.5. The summed E-state index contributed by atoms with van der Waals surface area (Å²) in [5.74, 6) is -1.12. The summed E-state index contributed by atoms with van der Waals surface area (Å²) < 4.78 is 22.4. The summed E-state index contributed by atoms with van der Waals surface area (Å²) in [5.41, 5.74) is 0.484. The molecule has 0 aliphatic heterocycles. The lowest BCUT2D eigenvalue weighted by Crippen LogP contribution is -2.22. The number of benzene rings is 1. The minimum absolute atomic E-state index is 0.484. The Balaban J connectivity index is 2.78. The Kier molecular flexibility index (Phi) is 4.35. The maximum absolute atomic E-state index is 11.3. The molecule has 16 heavy (non-hydrogen) atoms. The average molecular weight is 327 g/mol. The van der Waals surface area contributed by atoms with E-state index in [9.17, 15) is 13.2 Å². The van der Waals surface area contributed by atoms with Crippen molar-refractivity contribution in [2.24, 2.45) is 0 Å². The Bertz CT molecular complexity index is 515. The van der Waals surface area contributed by atoms with Crippen LogP contribution >= 0.6 is 27.5 Å². The molecule has 0 fully saturated rings. The van der Waals surface area contributed by atoms with Crippen molar-refractivity contribution in [3.8, 4) is 0 Å². The van der Waals surface area contributed by atoms with E-state index in [4.69, 9.17) is 11.6 Å². The molecule has 0 aliphatic carbocycles. The minimum atomic E-state index is -3.32. The molecule has 0 aromatic heterocycles. The van der Waals surface area contributed by atoms with Crippen molar-refractivity contribution in [1.82, 2.24) is 0 Å². The van der Waals surface area contributed by atoms with Crippen molar-refractivity contribution in [1.29, 1.82) is 0 Å². The molecule has 1 N–H and O–H groups in total. The predicted molar refractivity (Wildman–Crippen MR) is 67.5 cm³/mol. The van der Waals surface area contributed by atoms with Gasteiger partial charge in [-0.1, -0.05) is 11.6 Å². The van der Waals surface area contributed by atoms with Crippen molar-refractivity contribution < 1.29 is 13.2 Å². The summed E-state index contributed by atoms with van der Waals surface area (Å²) in [4.78, 5) is 11.3. The zero-order valence-electron chi connectivity index (χ0n) is 8.33. The maximum Gasteiger partial charge on any atom is 0.239 e. The van der Waals surface area contributed by atoms with Gasteiger partial charge in [-0.15, -0.1) is 0 Å². The van der Waals surface area contributed by atoms with Crippen molar-refractivity contribution in [3.63, 3.8) is 0 Å². The third-order valence-corrected chi connectivity index (χ3v) is 3.28. The number of anilines is 1. The fourth-order valence-electron chi connectivity index (χ4n) is 1.02. The summed E-state index contributed by atoms with van der Waals surface area (Å²) in [6.45, 7) is 0. The van der Waals surface area contributed by atoms with Gasteiger partial charge in [-0.2, -0.15) is 0 Å². The maximum atomic E-state index is 11.3. The minimum Gasteiger partial charge on any atom is -0.324 e. The SMILES string of the molecule is CS(=O)(=O)CC(=O)Nc1ccc(Cl)cc1Br. The van der Waals surface area contributed by atoms with E-state index in [0.717, 1.165) is 6.26 Å². The van der Waals surface area contributed by atoms with E-state index in [1.54, 1.807) is 18.2 Å². The van der Waals surface area contributed by atoms with E-state index in [1.165, 1.54) is 0 Å². The molecule has 0 bridgehead atoms. The molecule has 0 saturated carbocycles. The highest BCUT2D eigenvalue weighted by Gasteiger charge is 2.12. The van der Waals surface area contributed by atoms with E-state index in [2.05, 4.69) is 21.2 Å². The normalized spacial score (nSPS) is 11.2. The van der Waals surface area contributed by atoms with E-state index < -0.39 is 21.5 Å². The smallest absolute Gasteiger partial charge is 0.239 e. The lowest BCUT2D eigenvalue weighted by Gasteiger charge is -2.06. The van der Waals surface area contributed by atoms with Gasteiger partial charge in [0.25, 0.3) is 0 Å². The first kappa shape index (κ1) is 13.5. The number of sulfone groups is 1. The lowest BCUT2D eigenvalue weighted by atomic mass is 10.3. The average Bonchev–Trinajstić information content (AvgIpc) is 2.06. The van der Waals surface area contributed by atoms with Crippen LogP contribution in [0.25, 0.3) is 0 Å². The highest BCUT2D eigenvalue weighted by molar-refractivity contribution is 9.10. The van der Waals surface area contributed by atoms with E-state index >= 15 is 0 Å². The number of amides is 1. The fraction of sp³-hybridized carbons (Fsp3) is 0.222. The van der Waals surface area contributed by atoms with E-state index in [1.807, 2.05) is 0 Å². The van der Waals surface area contributed by atoms with Crippen LogP contribution in [0.1, 0.15) is 0 Å². The van der Waals surface area contributed by atoms with Gasteiger partial charge >= 0.3 is 0 Å². The van der Waals surface area contributed by atoms with E-state index in [-0.39, 0.29) is 0 Å². The number of halogens is 2. The molecule has 0 atom stereocenters. The first-order valence-electron chi connectivity index (χ1n) is 4.20. The molecule has 0 unspecified atom stereocenters. The van der Waals surface area contributed by atoms with E-state index in [0.29, 0.717) is 15.2 Å². The molecular weight excluding hydrogens is 318 g/mol. The Morgan fingerprint density at radius 2 is 2.12 bits per heavy atom. The van der Waals surface area contributed by atoms with Gasteiger partial charge in [-0.05, 0) is 34.1 Å². The van der Waals surface area contributed by atoms with Gasteiger partial charge < -0.3 is 5.32 Å². The topological polar surface area (TPSA) is 63.2 Å². The van der Waals surface area contributed by atoms with Crippen molar-refractivity contribution in [3.05, 3.63) is 27.7 Å². The Hall–Kier alpha value is -0.590. The third kappa shape index (κ3) is 4.51. The van der Waals surface area contributed by atoms with Gasteiger partial charge in [0, 0.05) is 15.8 Å². The third-order valence-electron chi connectivity index (χ3n) is 1.60. The molecule has 0 heterocycles. The molecule has 0 radical (unpaired) electrons. The van der Waals surface area contributed by atoms with Crippen molar-refractivity contribution in [2.75, 3.05) is 17.3 Å². The largest absolute Gasteiger partial charge is 0.324 e. The monoisotopic (exact) mass is 325 g/mol. The van der Waals surface area contributed by atoms with Crippen LogP contribution < -0.4 is 5.32 Å². The van der Waals surface area contributed by atoms with Crippen LogP contribution in [-0.2, 0) is 14.6 Å². The van der Waals surface area contributed by atoms with Crippen LogP contribution in [-0.4, -0.2) is 26.3 Å². The van der Waals surface area contributed by atoms with Gasteiger partial charge in [0.15, 0.2) is 9.84 Å². The number of hydrogen-bond acceptors (Lipinski definition) is 3. The van der Waals surface area contributed by atoms with Gasteiger partial charge in [-0.25, -0.2) is 8.42 Å². The number of nitrogens with one attached hydrogen (secondary N) is 1. The first-order chi connectivity index (χ1) is 7.28. The molecular formula is C9H9BrClNO3S. The molecule has 1 amide bonds. The highest BCUT2D eigenvalue weighted by Crippen LogP contribution is 2.25. The Labute approximate surface area is 107 Å². The van der Waals surface area contributed by atoms with Crippen molar-refractivity contribution >= 4 is 49.0 Å². The van der Waals surface area contributed by atoms with Crippen molar-refractivity contribution in [2.45, 2.75) is 0 Å². The Morgan fingerprint density at radius 3 is 2.62 bits per heavy atom. The molecule has 1 aromatic carbocycles. The summed E-state index contributed by atoms with van der Waals surface area (Å²) in [6.07, 6.45) is 1.00. The molecule has 4 nitrogen and oxygen atoms in total. The second-order valence-corrected chi connectivity index (χ2v) is 6.67. The fourth-order valence-corrected chi connectivity index (χ4v) is 2.35. The van der Waals surface area contributed by atoms with Crippen LogP contribution in [0.2, 0.25) is 5.02 Å². The number of rotatable bonds is 3. The zero-order chi connectivity index (χ0) is 12.3. The van der Waals surface area contributed by atoms with Crippen LogP contribution in [0.3, 0.4) is 0 Å². The summed E-state index contributed by atoms with van der Waals surface area (Å²) >= 11 is 8.93. The van der Waals surface area contributed by atoms with Crippen LogP contribution in [0.15, 0.2) is 22.7 Å². The standard InChI is InChI=1S/C9H9BrClNO3S/c1-16(14,15)5-9(13)12-8-3-2-6(11)4-7(8)10/h2-4H,5H2,1H3,(H,12,13). The summed E-state index contributed by atoms with van der Waals surface area (Å²) in [6, 6.07) is 4.80. The van der Waals surface area contributed by atoms with Gasteiger partial charge in [0.2, 0.25) is 5.91 Å². The first-order valence-corrected chi connectivity index (χ1v) is 7.44. The van der Waals surface area contributed by atoms with Gasteiger partial charge in [-0.3, -0.25) is 4.79 Å². The van der Waals surface area contributed by atoms with Crippen LogP contribution in [0.4, 0.5) is 5.69 Å². The summed E-state index contributed by atoms with van der Waals surface area (Å²) in [7, 11) is -3.32.